The normalized spacial score (nSPS) is 27.1. The van der Waals surface area contributed by atoms with Crippen LogP contribution in [-0.4, -0.2) is 32.0 Å². The molecule has 1 heterocycles. The quantitative estimate of drug-likeness (QED) is 0.796. The van der Waals surface area contributed by atoms with Gasteiger partial charge in [-0.15, -0.1) is 0 Å². The average Bonchev–Trinajstić information content (AvgIpc) is 2.69. The van der Waals surface area contributed by atoms with Gasteiger partial charge in [0.15, 0.2) is 4.73 Å². The van der Waals surface area contributed by atoms with Gasteiger partial charge < -0.3 is 14.8 Å². The van der Waals surface area contributed by atoms with E-state index < -0.39 is 12.2 Å². The first kappa shape index (κ1) is 14.6. The fourth-order valence-corrected chi connectivity index (χ4v) is 3.75. The molecular formula is C13H13BrCl2N2O2. The molecule has 7 heteroatoms. The van der Waals surface area contributed by atoms with E-state index in [0.717, 1.165) is 18.4 Å². The number of aliphatic hydroxyl groups excluding tert-OH is 2. The van der Waals surface area contributed by atoms with Gasteiger partial charge in [0, 0.05) is 0 Å². The van der Waals surface area contributed by atoms with Crippen molar-refractivity contribution in [2.45, 2.75) is 37.5 Å². The van der Waals surface area contributed by atoms with Crippen LogP contribution in [0.1, 0.15) is 25.3 Å². The van der Waals surface area contributed by atoms with Gasteiger partial charge in [0.1, 0.15) is 6.10 Å². The van der Waals surface area contributed by atoms with E-state index in [1.165, 1.54) is 0 Å². The van der Waals surface area contributed by atoms with Gasteiger partial charge in [-0.1, -0.05) is 23.2 Å². The predicted octanol–water partition coefficient (Wildman–Crippen LogP) is 3.55. The molecule has 0 amide bonds. The molecule has 0 saturated heterocycles. The Kier molecular flexibility index (Phi) is 3.99. The Hall–Kier alpha value is -0.330. The van der Waals surface area contributed by atoms with E-state index in [9.17, 15) is 10.2 Å². The third-order valence-electron chi connectivity index (χ3n) is 3.81. The molecule has 2 N–H and O–H groups in total. The van der Waals surface area contributed by atoms with Crippen molar-refractivity contribution in [3.05, 3.63) is 26.9 Å². The van der Waals surface area contributed by atoms with Gasteiger partial charge in [-0.2, -0.15) is 0 Å². The zero-order valence-corrected chi connectivity index (χ0v) is 13.5. The number of aliphatic hydroxyl groups is 2. The first-order valence-electron chi connectivity index (χ1n) is 6.37. The molecule has 1 saturated carbocycles. The largest absolute Gasteiger partial charge is 0.390 e. The summed E-state index contributed by atoms with van der Waals surface area (Å²) in [7, 11) is 0. The molecule has 3 rings (SSSR count). The zero-order chi connectivity index (χ0) is 14.4. The van der Waals surface area contributed by atoms with Crippen LogP contribution in [0.25, 0.3) is 11.0 Å². The maximum atomic E-state index is 10.2. The van der Waals surface area contributed by atoms with Crippen LogP contribution in [0.2, 0.25) is 10.0 Å². The van der Waals surface area contributed by atoms with Crippen LogP contribution in [0.4, 0.5) is 0 Å². The summed E-state index contributed by atoms with van der Waals surface area (Å²) >= 11 is 15.5. The van der Waals surface area contributed by atoms with E-state index in [4.69, 9.17) is 23.2 Å². The average molecular weight is 380 g/mol. The summed E-state index contributed by atoms with van der Waals surface area (Å²) in [5, 5.41) is 21.0. The number of nitrogens with zero attached hydrogens (tertiary/aromatic N) is 2. The second kappa shape index (κ2) is 5.46. The lowest BCUT2D eigenvalue weighted by atomic mass is 9.90. The van der Waals surface area contributed by atoms with Crippen molar-refractivity contribution in [1.29, 1.82) is 0 Å². The molecule has 4 nitrogen and oxygen atoms in total. The molecule has 0 spiro atoms. The number of hydrogen-bond acceptors (Lipinski definition) is 3. The topological polar surface area (TPSA) is 58.3 Å². The first-order valence-corrected chi connectivity index (χ1v) is 7.92. The number of hydrogen-bond donors (Lipinski definition) is 2. The summed E-state index contributed by atoms with van der Waals surface area (Å²) in [6.07, 6.45) is 0.737. The molecule has 3 unspecified atom stereocenters. The Labute approximate surface area is 134 Å². The lowest BCUT2D eigenvalue weighted by Gasteiger charge is -2.33. The SMILES string of the molecule is OC1CCCC(n2c(Br)nc3cc(Cl)c(Cl)cc32)C1O. The summed E-state index contributed by atoms with van der Waals surface area (Å²) in [5.41, 5.74) is 1.50. The number of halogens is 3. The fourth-order valence-electron chi connectivity index (χ4n) is 2.79. The van der Waals surface area contributed by atoms with Crippen LogP contribution in [0.15, 0.2) is 16.9 Å². The summed E-state index contributed by atoms with van der Waals surface area (Å²) in [6.45, 7) is 0. The minimum absolute atomic E-state index is 0.227. The summed E-state index contributed by atoms with van der Waals surface area (Å²) in [5.74, 6) is 0. The minimum Gasteiger partial charge on any atom is -0.390 e. The molecule has 0 aliphatic heterocycles. The summed E-state index contributed by atoms with van der Waals surface area (Å²) in [4.78, 5) is 4.39. The second-order valence-corrected chi connectivity index (χ2v) is 6.59. The molecule has 1 aromatic heterocycles. The van der Waals surface area contributed by atoms with E-state index in [1.807, 2.05) is 4.57 Å². The molecule has 1 fully saturated rings. The van der Waals surface area contributed by atoms with Gasteiger partial charge in [0.2, 0.25) is 0 Å². The van der Waals surface area contributed by atoms with Crippen LogP contribution in [-0.2, 0) is 0 Å². The van der Waals surface area contributed by atoms with Gasteiger partial charge >= 0.3 is 0 Å². The van der Waals surface area contributed by atoms with Crippen molar-refractivity contribution in [1.82, 2.24) is 9.55 Å². The number of aromatic nitrogens is 2. The number of fused-ring (bicyclic) bond motifs is 1. The molecule has 1 aliphatic rings. The van der Waals surface area contributed by atoms with Crippen LogP contribution in [0.5, 0.6) is 0 Å². The van der Waals surface area contributed by atoms with Crippen molar-refractivity contribution in [2.24, 2.45) is 0 Å². The Morgan fingerprint density at radius 3 is 2.65 bits per heavy atom. The standard InChI is InChI=1S/C13H13BrCl2N2O2/c14-13-17-8-4-6(15)7(16)5-10(8)18(13)9-2-1-3-11(19)12(9)20/h4-5,9,11-12,19-20H,1-3H2. The van der Waals surface area contributed by atoms with Gasteiger partial charge in [0.05, 0.1) is 33.2 Å². The molecule has 1 aromatic carbocycles. The Bertz CT molecular complexity index is 661. The fraction of sp³-hybridized carbons (Fsp3) is 0.462. The van der Waals surface area contributed by atoms with E-state index in [1.54, 1.807) is 12.1 Å². The smallest absolute Gasteiger partial charge is 0.178 e. The lowest BCUT2D eigenvalue weighted by Crippen LogP contribution is -2.38. The maximum Gasteiger partial charge on any atom is 0.178 e. The highest BCUT2D eigenvalue weighted by molar-refractivity contribution is 9.10. The first-order chi connectivity index (χ1) is 9.49. The highest BCUT2D eigenvalue weighted by Crippen LogP contribution is 2.37. The van der Waals surface area contributed by atoms with Crippen LogP contribution >= 0.6 is 39.1 Å². The van der Waals surface area contributed by atoms with Gasteiger partial charge in [-0.05, 0) is 47.3 Å². The van der Waals surface area contributed by atoms with Crippen LogP contribution in [0, 0.1) is 0 Å². The molecule has 20 heavy (non-hydrogen) atoms. The molecule has 108 valence electrons. The van der Waals surface area contributed by atoms with Gasteiger partial charge in [-0.3, -0.25) is 0 Å². The number of imidazole rings is 1. The molecule has 2 aromatic rings. The van der Waals surface area contributed by atoms with Crippen LogP contribution < -0.4 is 0 Å². The van der Waals surface area contributed by atoms with Gasteiger partial charge in [-0.25, -0.2) is 4.98 Å². The molecule has 0 radical (unpaired) electrons. The third-order valence-corrected chi connectivity index (χ3v) is 5.09. The van der Waals surface area contributed by atoms with E-state index in [-0.39, 0.29) is 6.04 Å². The van der Waals surface area contributed by atoms with Gasteiger partial charge in [0.25, 0.3) is 0 Å². The second-order valence-electron chi connectivity index (χ2n) is 5.06. The number of benzene rings is 1. The van der Waals surface area contributed by atoms with Crippen molar-refractivity contribution >= 4 is 50.2 Å². The maximum absolute atomic E-state index is 10.2. The minimum atomic E-state index is -0.813. The third kappa shape index (κ3) is 2.35. The van der Waals surface area contributed by atoms with Crippen molar-refractivity contribution in [2.75, 3.05) is 0 Å². The Balaban J connectivity index is 2.15. The van der Waals surface area contributed by atoms with E-state index in [2.05, 4.69) is 20.9 Å². The Morgan fingerprint density at radius 1 is 1.20 bits per heavy atom. The van der Waals surface area contributed by atoms with Crippen LogP contribution in [0.3, 0.4) is 0 Å². The molecule has 3 atom stereocenters. The highest BCUT2D eigenvalue weighted by atomic mass is 79.9. The van der Waals surface area contributed by atoms with E-state index in [0.29, 0.717) is 26.7 Å². The predicted molar refractivity (Wildman–Crippen MR) is 82.4 cm³/mol. The highest BCUT2D eigenvalue weighted by Gasteiger charge is 2.33. The molecule has 1 aliphatic carbocycles. The Morgan fingerprint density at radius 2 is 1.90 bits per heavy atom. The molecule has 0 bridgehead atoms. The van der Waals surface area contributed by atoms with Crippen molar-refractivity contribution < 1.29 is 10.2 Å². The monoisotopic (exact) mass is 378 g/mol. The molecular weight excluding hydrogens is 367 g/mol. The number of rotatable bonds is 1. The van der Waals surface area contributed by atoms with E-state index >= 15 is 0 Å². The summed E-state index contributed by atoms with van der Waals surface area (Å²) in [6, 6.07) is 3.21. The lowest BCUT2D eigenvalue weighted by molar-refractivity contribution is -0.0391. The van der Waals surface area contributed by atoms with Crippen molar-refractivity contribution in [3.63, 3.8) is 0 Å². The van der Waals surface area contributed by atoms with Crippen molar-refractivity contribution in [3.8, 4) is 0 Å². The summed E-state index contributed by atoms with van der Waals surface area (Å²) < 4.78 is 2.48. The zero-order valence-electron chi connectivity index (χ0n) is 10.4.